The number of fused-ring (bicyclic) bond motifs is 1. The van der Waals surface area contributed by atoms with Crippen LogP contribution in [0.1, 0.15) is 40.2 Å². The van der Waals surface area contributed by atoms with E-state index in [0.29, 0.717) is 0 Å². The van der Waals surface area contributed by atoms with Gasteiger partial charge in [0, 0.05) is 4.75 Å². The molecule has 7 nitrogen and oxygen atoms in total. The van der Waals surface area contributed by atoms with Crippen molar-refractivity contribution in [3.8, 4) is 0 Å². The van der Waals surface area contributed by atoms with Crippen LogP contribution in [-0.2, 0) is 20.8 Å². The molecule has 2 saturated heterocycles. The van der Waals surface area contributed by atoms with Crippen LogP contribution < -0.4 is 10.2 Å². The number of thioether (sulfide) groups is 1. The minimum Gasteiger partial charge on any atom is -0.480 e. The fourth-order valence-electron chi connectivity index (χ4n) is 3.90. The van der Waals surface area contributed by atoms with Gasteiger partial charge in [-0.25, -0.2) is 4.79 Å². The number of hydrogen-bond acceptors (Lipinski definition) is 4. The van der Waals surface area contributed by atoms with Crippen molar-refractivity contribution in [2.75, 3.05) is 19.6 Å². The summed E-state index contributed by atoms with van der Waals surface area (Å²) in [6.07, 6.45) is 0.202. The Morgan fingerprint density at radius 3 is 2.17 bits per heavy atom. The molecule has 2 amide bonds. The van der Waals surface area contributed by atoms with E-state index in [9.17, 15) is 19.5 Å². The van der Waals surface area contributed by atoms with Gasteiger partial charge >= 0.3 is 5.97 Å². The summed E-state index contributed by atoms with van der Waals surface area (Å²) < 4.78 is -0.578. The predicted octanol–water partition coefficient (Wildman–Crippen LogP) is 0.792. The lowest BCUT2D eigenvalue weighted by molar-refractivity contribution is -0.894. The molecule has 3 atom stereocenters. The topological polar surface area (TPSA) is 91.2 Å². The second-order valence-electron chi connectivity index (χ2n) is 8.12. The van der Waals surface area contributed by atoms with Crippen LogP contribution in [0.25, 0.3) is 0 Å². The van der Waals surface area contributed by atoms with Crippen molar-refractivity contribution >= 4 is 29.5 Å². The Morgan fingerprint density at radius 2 is 1.70 bits per heavy atom. The third-order valence-corrected chi connectivity index (χ3v) is 7.27. The van der Waals surface area contributed by atoms with Crippen molar-refractivity contribution in [1.82, 2.24) is 10.2 Å². The maximum Gasteiger partial charge on any atom is 0.327 e. The van der Waals surface area contributed by atoms with E-state index in [2.05, 4.69) is 26.1 Å². The largest absolute Gasteiger partial charge is 0.480 e. The number of aliphatic carboxylic acids is 1. The average Bonchev–Trinajstić information content (AvgIpc) is 2.97. The van der Waals surface area contributed by atoms with Crippen LogP contribution in [0, 0.1) is 0 Å². The molecule has 2 aliphatic rings. The zero-order chi connectivity index (χ0) is 22.5. The molecule has 3 rings (SSSR count). The maximum atomic E-state index is 12.3. The summed E-state index contributed by atoms with van der Waals surface area (Å²) in [5, 5.41) is 11.8. The van der Waals surface area contributed by atoms with E-state index in [-0.39, 0.29) is 23.6 Å². The number of carboxylic acid groups (broad SMARTS) is 1. The molecule has 0 bridgehead atoms. The summed E-state index contributed by atoms with van der Waals surface area (Å²) in [5.41, 5.74) is 0.872. The number of quaternary nitrogens is 1. The molecule has 0 unspecified atom stereocenters. The number of hydrogen-bond donors (Lipinski definition) is 3. The second-order valence-corrected chi connectivity index (χ2v) is 9.89. The van der Waals surface area contributed by atoms with Crippen LogP contribution in [0.15, 0.2) is 30.3 Å². The van der Waals surface area contributed by atoms with Gasteiger partial charge < -0.3 is 20.2 Å². The zero-order valence-electron chi connectivity index (χ0n) is 18.5. The van der Waals surface area contributed by atoms with Crippen LogP contribution in [0.5, 0.6) is 0 Å². The van der Waals surface area contributed by atoms with E-state index in [0.717, 1.165) is 5.56 Å². The van der Waals surface area contributed by atoms with Crippen molar-refractivity contribution in [3.63, 3.8) is 0 Å². The SMILES string of the molecule is CC1(C)S[C@@H]2[C@H](NC(=O)Cc3ccccc3)C(=O)N2[C@H]1C(=O)O.CC[NH+](CC)CC. The first kappa shape index (κ1) is 24.2. The number of nitrogens with one attached hydrogen (secondary N) is 2. The van der Waals surface area contributed by atoms with E-state index < -0.39 is 22.8 Å². The highest BCUT2D eigenvalue weighted by Gasteiger charge is 2.64. The summed E-state index contributed by atoms with van der Waals surface area (Å²) in [5.74, 6) is -1.55. The van der Waals surface area contributed by atoms with Gasteiger partial charge in [-0.15, -0.1) is 11.8 Å². The van der Waals surface area contributed by atoms with E-state index in [1.54, 1.807) is 4.90 Å². The van der Waals surface area contributed by atoms with Gasteiger partial charge in [0.05, 0.1) is 26.1 Å². The highest BCUT2D eigenvalue weighted by Crippen LogP contribution is 2.50. The first-order valence-electron chi connectivity index (χ1n) is 10.6. The Bertz CT molecular complexity index is 746. The molecule has 0 spiro atoms. The number of β-lactam (4-membered cyclic amide) rings is 1. The number of carboxylic acids is 1. The molecule has 8 heteroatoms. The first-order chi connectivity index (χ1) is 14.2. The Morgan fingerprint density at radius 1 is 1.13 bits per heavy atom. The minimum absolute atomic E-state index is 0.202. The van der Waals surface area contributed by atoms with Gasteiger partial charge in [0.2, 0.25) is 11.8 Å². The van der Waals surface area contributed by atoms with E-state index in [4.69, 9.17) is 0 Å². The molecule has 0 saturated carbocycles. The lowest BCUT2D eigenvalue weighted by Crippen LogP contribution is -3.11. The average molecular weight is 437 g/mol. The molecule has 2 heterocycles. The van der Waals surface area contributed by atoms with Crippen LogP contribution in [0.2, 0.25) is 0 Å². The number of amides is 2. The molecule has 2 fully saturated rings. The Kier molecular flexibility index (Phi) is 8.32. The molecule has 2 aliphatic heterocycles. The number of carbonyl (C=O) groups is 3. The van der Waals surface area contributed by atoms with Gasteiger partial charge in [-0.05, 0) is 40.2 Å². The van der Waals surface area contributed by atoms with Crippen molar-refractivity contribution in [3.05, 3.63) is 35.9 Å². The van der Waals surface area contributed by atoms with Crippen LogP contribution >= 0.6 is 11.8 Å². The van der Waals surface area contributed by atoms with Crippen molar-refractivity contribution in [1.29, 1.82) is 0 Å². The quantitative estimate of drug-likeness (QED) is 0.550. The Labute approximate surface area is 183 Å². The first-order valence-corrected chi connectivity index (χ1v) is 11.4. The number of rotatable bonds is 7. The number of benzene rings is 1. The summed E-state index contributed by atoms with van der Waals surface area (Å²) in [6.45, 7) is 14.1. The molecule has 166 valence electrons. The van der Waals surface area contributed by atoms with Crippen LogP contribution in [-0.4, -0.2) is 69.6 Å². The lowest BCUT2D eigenvalue weighted by Gasteiger charge is -2.43. The summed E-state index contributed by atoms with van der Waals surface area (Å²) in [7, 11) is 0. The molecule has 1 aromatic rings. The molecule has 3 N–H and O–H groups in total. The third-order valence-electron chi connectivity index (χ3n) is 5.70. The maximum absolute atomic E-state index is 12.3. The smallest absolute Gasteiger partial charge is 0.327 e. The summed E-state index contributed by atoms with van der Waals surface area (Å²) in [4.78, 5) is 38.9. The van der Waals surface area contributed by atoms with Gasteiger partial charge in [-0.3, -0.25) is 9.59 Å². The van der Waals surface area contributed by atoms with E-state index >= 15 is 0 Å². The highest BCUT2D eigenvalue weighted by atomic mass is 32.2. The van der Waals surface area contributed by atoms with Crippen molar-refractivity contribution in [2.24, 2.45) is 0 Å². The van der Waals surface area contributed by atoms with Crippen molar-refractivity contribution in [2.45, 2.75) is 63.2 Å². The van der Waals surface area contributed by atoms with Gasteiger partial charge in [0.25, 0.3) is 0 Å². The predicted molar refractivity (Wildman–Crippen MR) is 118 cm³/mol. The zero-order valence-corrected chi connectivity index (χ0v) is 19.3. The molecule has 0 aliphatic carbocycles. The number of carbonyl (C=O) groups excluding carboxylic acids is 2. The molecule has 1 aromatic carbocycles. The molecule has 30 heavy (non-hydrogen) atoms. The van der Waals surface area contributed by atoms with E-state index in [1.165, 1.54) is 36.3 Å². The normalized spacial score (nSPS) is 23.9. The fourth-order valence-corrected chi connectivity index (χ4v) is 5.53. The minimum atomic E-state index is -1.01. The van der Waals surface area contributed by atoms with Crippen LogP contribution in [0.4, 0.5) is 0 Å². The summed E-state index contributed by atoms with van der Waals surface area (Å²) in [6, 6.07) is 7.78. The van der Waals surface area contributed by atoms with Gasteiger partial charge in [0.1, 0.15) is 17.5 Å². The Hall–Kier alpha value is -2.06. The van der Waals surface area contributed by atoms with Crippen LogP contribution in [0.3, 0.4) is 0 Å². The van der Waals surface area contributed by atoms with Gasteiger partial charge in [0.15, 0.2) is 0 Å². The second kappa shape index (κ2) is 10.3. The number of nitrogens with zero attached hydrogens (tertiary/aromatic N) is 1. The highest BCUT2D eigenvalue weighted by molar-refractivity contribution is 8.01. The fraction of sp³-hybridized carbons (Fsp3) is 0.591. The standard InChI is InChI=1S/C16H18N2O4S.C6H15N/c1-16(2)12(15(21)22)18-13(20)11(14(18)23-16)17-10(19)8-9-6-4-3-5-7-9;1-4-7(5-2)6-3/h3-7,11-12,14H,8H2,1-2H3,(H,17,19)(H,21,22);4-6H2,1-3H3/p+1/t11-,12+,14-;/m1./s1. The summed E-state index contributed by atoms with van der Waals surface area (Å²) >= 11 is 1.42. The van der Waals surface area contributed by atoms with Gasteiger partial charge in [-0.2, -0.15) is 0 Å². The molecule has 0 aromatic heterocycles. The third kappa shape index (κ3) is 5.35. The molecule has 0 radical (unpaired) electrons. The molecular formula is C22H34N3O4S+. The van der Waals surface area contributed by atoms with Gasteiger partial charge in [-0.1, -0.05) is 30.3 Å². The molecular weight excluding hydrogens is 402 g/mol. The van der Waals surface area contributed by atoms with E-state index in [1.807, 2.05) is 44.2 Å². The lowest BCUT2D eigenvalue weighted by atomic mass is 9.96. The van der Waals surface area contributed by atoms with Crippen molar-refractivity contribution < 1.29 is 24.4 Å². The Balaban J connectivity index is 0.000000396. The monoisotopic (exact) mass is 436 g/mol.